The summed E-state index contributed by atoms with van der Waals surface area (Å²) < 4.78 is 0. The third-order valence-corrected chi connectivity index (χ3v) is 4.17. The first-order valence-electron chi connectivity index (χ1n) is 6.96. The van der Waals surface area contributed by atoms with Crippen LogP contribution in [-0.2, 0) is 6.42 Å². The number of anilines is 1. The van der Waals surface area contributed by atoms with Crippen molar-refractivity contribution in [1.29, 1.82) is 0 Å². The summed E-state index contributed by atoms with van der Waals surface area (Å²) in [6.45, 7) is 7.42. The lowest BCUT2D eigenvalue weighted by Gasteiger charge is -2.39. The molecule has 1 aliphatic heterocycles. The quantitative estimate of drug-likeness (QED) is 0.923. The van der Waals surface area contributed by atoms with E-state index in [2.05, 4.69) is 42.0 Å². The maximum Gasteiger partial charge on any atom is 0.0642 e. The summed E-state index contributed by atoms with van der Waals surface area (Å²) >= 11 is 6.43. The molecule has 1 heterocycles. The third kappa shape index (κ3) is 3.62. The summed E-state index contributed by atoms with van der Waals surface area (Å²) in [4.78, 5) is 4.76. The molecule has 1 aliphatic rings. The minimum Gasteiger partial charge on any atom is -0.367 e. The molecule has 0 bridgehead atoms. The van der Waals surface area contributed by atoms with Crippen molar-refractivity contribution < 1.29 is 0 Å². The molecule has 2 N–H and O–H groups in total. The van der Waals surface area contributed by atoms with Crippen LogP contribution in [0.3, 0.4) is 0 Å². The molecule has 1 saturated heterocycles. The molecular formula is C15H24ClN3. The molecule has 0 spiro atoms. The highest BCUT2D eigenvalue weighted by Crippen LogP contribution is 2.29. The van der Waals surface area contributed by atoms with Crippen molar-refractivity contribution in [3.8, 4) is 0 Å². The van der Waals surface area contributed by atoms with Crippen LogP contribution in [0.5, 0.6) is 0 Å². The van der Waals surface area contributed by atoms with Gasteiger partial charge in [-0.15, -0.1) is 0 Å². The molecule has 4 heteroatoms. The molecule has 0 saturated carbocycles. The van der Waals surface area contributed by atoms with Crippen LogP contribution in [0.15, 0.2) is 18.2 Å². The van der Waals surface area contributed by atoms with Gasteiger partial charge < -0.3 is 15.5 Å². The van der Waals surface area contributed by atoms with Gasteiger partial charge in [0.05, 0.1) is 10.7 Å². The second-order valence-electron chi connectivity index (χ2n) is 5.74. The van der Waals surface area contributed by atoms with Gasteiger partial charge in [0.2, 0.25) is 0 Å². The topological polar surface area (TPSA) is 32.5 Å². The molecule has 0 aromatic heterocycles. The minimum absolute atomic E-state index is 0.172. The molecule has 2 unspecified atom stereocenters. The summed E-state index contributed by atoms with van der Waals surface area (Å²) in [5.74, 6) is 0. The molecule has 106 valence electrons. The van der Waals surface area contributed by atoms with E-state index in [9.17, 15) is 0 Å². The van der Waals surface area contributed by atoms with Gasteiger partial charge in [-0.1, -0.05) is 17.7 Å². The van der Waals surface area contributed by atoms with E-state index >= 15 is 0 Å². The summed E-state index contributed by atoms with van der Waals surface area (Å²) in [5.41, 5.74) is 8.19. The molecule has 0 amide bonds. The van der Waals surface area contributed by atoms with Crippen molar-refractivity contribution in [2.24, 2.45) is 5.73 Å². The highest BCUT2D eigenvalue weighted by molar-refractivity contribution is 6.33. The lowest BCUT2D eigenvalue weighted by molar-refractivity contribution is 0.234. The summed E-state index contributed by atoms with van der Waals surface area (Å²) in [6, 6.07) is 7.08. The van der Waals surface area contributed by atoms with Gasteiger partial charge in [-0.25, -0.2) is 0 Å². The number of rotatable bonds is 3. The van der Waals surface area contributed by atoms with Gasteiger partial charge >= 0.3 is 0 Å². The Morgan fingerprint density at radius 2 is 2.16 bits per heavy atom. The summed E-state index contributed by atoms with van der Waals surface area (Å²) in [6.07, 6.45) is 0.874. The minimum atomic E-state index is 0.172. The normalized spacial score (nSPS) is 22.6. The average Bonchev–Trinajstić information content (AvgIpc) is 2.32. The van der Waals surface area contributed by atoms with E-state index in [4.69, 9.17) is 17.3 Å². The number of nitrogens with two attached hydrogens (primary N) is 1. The Bertz CT molecular complexity index is 433. The van der Waals surface area contributed by atoms with Gasteiger partial charge in [-0.05, 0) is 45.0 Å². The van der Waals surface area contributed by atoms with Gasteiger partial charge in [-0.2, -0.15) is 0 Å². The molecule has 0 radical (unpaired) electrons. The van der Waals surface area contributed by atoms with Crippen LogP contribution in [0, 0.1) is 0 Å². The Morgan fingerprint density at radius 1 is 1.42 bits per heavy atom. The molecular weight excluding hydrogens is 258 g/mol. The maximum atomic E-state index is 6.43. The Morgan fingerprint density at radius 3 is 2.74 bits per heavy atom. The third-order valence-electron chi connectivity index (χ3n) is 3.87. The first-order chi connectivity index (χ1) is 8.97. The number of benzene rings is 1. The molecule has 3 nitrogen and oxygen atoms in total. The van der Waals surface area contributed by atoms with Crippen LogP contribution in [0.4, 0.5) is 5.69 Å². The van der Waals surface area contributed by atoms with Crippen LogP contribution in [0.25, 0.3) is 0 Å². The van der Waals surface area contributed by atoms with Crippen LogP contribution in [0.2, 0.25) is 5.02 Å². The summed E-state index contributed by atoms with van der Waals surface area (Å²) in [7, 11) is 2.18. The van der Waals surface area contributed by atoms with Crippen molar-refractivity contribution in [3.05, 3.63) is 28.8 Å². The molecule has 19 heavy (non-hydrogen) atoms. The van der Waals surface area contributed by atoms with Crippen molar-refractivity contribution >= 4 is 17.3 Å². The van der Waals surface area contributed by atoms with E-state index in [0.717, 1.165) is 36.8 Å². The average molecular weight is 282 g/mol. The zero-order chi connectivity index (χ0) is 14.0. The van der Waals surface area contributed by atoms with Gasteiger partial charge in [0.15, 0.2) is 0 Å². The number of piperazine rings is 1. The zero-order valence-electron chi connectivity index (χ0n) is 12.1. The standard InChI is InChI=1S/C15H24ClN3/c1-11(17)8-13-4-5-15(14(16)9-13)19-7-6-18(3)12(2)10-19/h4-5,9,11-12H,6-8,10,17H2,1-3H3. The highest BCUT2D eigenvalue weighted by atomic mass is 35.5. The van der Waals surface area contributed by atoms with Crippen LogP contribution >= 0.6 is 11.6 Å². The van der Waals surface area contributed by atoms with Gasteiger partial charge in [-0.3, -0.25) is 0 Å². The Balaban J connectivity index is 2.12. The fourth-order valence-electron chi connectivity index (χ4n) is 2.57. The molecule has 1 aromatic carbocycles. The number of likely N-dealkylation sites (N-methyl/N-ethyl adjacent to an activating group) is 1. The predicted octanol–water partition coefficient (Wildman–Crippen LogP) is 2.37. The van der Waals surface area contributed by atoms with Crippen molar-refractivity contribution in [2.45, 2.75) is 32.4 Å². The van der Waals surface area contributed by atoms with Crippen LogP contribution in [0.1, 0.15) is 19.4 Å². The van der Waals surface area contributed by atoms with Crippen molar-refractivity contribution in [3.63, 3.8) is 0 Å². The Kier molecular flexibility index (Phi) is 4.71. The van der Waals surface area contributed by atoms with E-state index in [1.165, 1.54) is 5.56 Å². The molecule has 1 aromatic rings. The fourth-order valence-corrected chi connectivity index (χ4v) is 2.90. The Labute approximate surface area is 121 Å². The van der Waals surface area contributed by atoms with Gasteiger partial charge in [0.1, 0.15) is 0 Å². The number of hydrogen-bond acceptors (Lipinski definition) is 3. The Hall–Kier alpha value is -0.770. The smallest absolute Gasteiger partial charge is 0.0642 e. The number of halogens is 1. The van der Waals surface area contributed by atoms with E-state index in [1.807, 2.05) is 6.92 Å². The maximum absolute atomic E-state index is 6.43. The zero-order valence-corrected chi connectivity index (χ0v) is 12.8. The predicted molar refractivity (Wildman–Crippen MR) is 83.1 cm³/mol. The van der Waals surface area contributed by atoms with E-state index < -0.39 is 0 Å². The SMILES string of the molecule is CC(N)Cc1ccc(N2CCN(C)C(C)C2)c(Cl)c1. The first-order valence-corrected chi connectivity index (χ1v) is 7.34. The fraction of sp³-hybridized carbons (Fsp3) is 0.600. The van der Waals surface area contributed by atoms with Crippen molar-refractivity contribution in [1.82, 2.24) is 4.90 Å². The lowest BCUT2D eigenvalue weighted by Crippen LogP contribution is -2.50. The van der Waals surface area contributed by atoms with Gasteiger partial charge in [0.25, 0.3) is 0 Å². The number of nitrogens with zero attached hydrogens (tertiary/aromatic N) is 2. The van der Waals surface area contributed by atoms with Crippen LogP contribution < -0.4 is 10.6 Å². The van der Waals surface area contributed by atoms with E-state index in [1.54, 1.807) is 0 Å². The second-order valence-corrected chi connectivity index (χ2v) is 6.15. The largest absolute Gasteiger partial charge is 0.367 e. The molecule has 2 rings (SSSR count). The molecule has 1 fully saturated rings. The van der Waals surface area contributed by atoms with Crippen LogP contribution in [-0.4, -0.2) is 43.7 Å². The monoisotopic (exact) mass is 281 g/mol. The van der Waals surface area contributed by atoms with E-state index in [-0.39, 0.29) is 6.04 Å². The molecule has 2 atom stereocenters. The first kappa shape index (κ1) is 14.6. The molecule has 0 aliphatic carbocycles. The van der Waals surface area contributed by atoms with Crippen molar-refractivity contribution in [2.75, 3.05) is 31.6 Å². The van der Waals surface area contributed by atoms with E-state index in [0.29, 0.717) is 6.04 Å². The highest BCUT2D eigenvalue weighted by Gasteiger charge is 2.22. The van der Waals surface area contributed by atoms with Gasteiger partial charge in [0, 0.05) is 31.7 Å². The number of hydrogen-bond donors (Lipinski definition) is 1. The second kappa shape index (κ2) is 6.12. The summed E-state index contributed by atoms with van der Waals surface area (Å²) in [5, 5.41) is 0.843. The lowest BCUT2D eigenvalue weighted by atomic mass is 10.1.